The highest BCUT2D eigenvalue weighted by Gasteiger charge is 2.07. The molecular formula is C15H17BrN6O. The molecule has 0 saturated carbocycles. The fraction of sp³-hybridized carbons (Fsp3) is 0.133. The number of pyridine rings is 2. The summed E-state index contributed by atoms with van der Waals surface area (Å²) in [4.78, 5) is 19.8. The van der Waals surface area contributed by atoms with Crippen molar-refractivity contribution in [1.29, 1.82) is 10.8 Å². The first-order valence-corrected chi connectivity index (χ1v) is 7.33. The van der Waals surface area contributed by atoms with Gasteiger partial charge in [0, 0.05) is 13.2 Å². The Labute approximate surface area is 142 Å². The van der Waals surface area contributed by atoms with Gasteiger partial charge in [-0.05, 0) is 40.2 Å². The number of nitrogens with one attached hydrogen (secondary N) is 2. The van der Waals surface area contributed by atoms with Crippen LogP contribution in [0, 0.1) is 10.8 Å². The lowest BCUT2D eigenvalue weighted by Crippen LogP contribution is -2.30. The average molecular weight is 377 g/mol. The van der Waals surface area contributed by atoms with Crippen LogP contribution in [0.5, 0.6) is 0 Å². The van der Waals surface area contributed by atoms with Gasteiger partial charge in [0.25, 0.3) is 0 Å². The van der Waals surface area contributed by atoms with Crippen molar-refractivity contribution in [2.24, 2.45) is 0 Å². The molecule has 0 aromatic carbocycles. The van der Waals surface area contributed by atoms with E-state index >= 15 is 0 Å². The Morgan fingerprint density at radius 3 is 2.57 bits per heavy atom. The molecule has 7 nitrogen and oxygen atoms in total. The normalized spacial score (nSPS) is 9.30. The third kappa shape index (κ3) is 6.79. The van der Waals surface area contributed by atoms with E-state index in [-0.39, 0.29) is 18.0 Å². The van der Waals surface area contributed by atoms with Crippen LogP contribution >= 0.6 is 15.9 Å². The molecular weight excluding hydrogens is 360 g/mol. The summed E-state index contributed by atoms with van der Waals surface area (Å²) in [5, 5.41) is 14.6. The van der Waals surface area contributed by atoms with Crippen LogP contribution in [0.25, 0.3) is 0 Å². The number of nitrogen functional groups attached to an aromatic ring is 1. The van der Waals surface area contributed by atoms with Crippen LogP contribution in [0.15, 0.2) is 47.5 Å². The zero-order valence-corrected chi connectivity index (χ0v) is 14.1. The van der Waals surface area contributed by atoms with Gasteiger partial charge in [-0.2, -0.15) is 0 Å². The Bertz CT molecular complexity index is 638. The summed E-state index contributed by atoms with van der Waals surface area (Å²) in [6, 6.07) is 7.23. The molecule has 23 heavy (non-hydrogen) atoms. The summed E-state index contributed by atoms with van der Waals surface area (Å²) >= 11 is 3.18. The van der Waals surface area contributed by atoms with Gasteiger partial charge >= 0.3 is 0 Å². The lowest BCUT2D eigenvalue weighted by atomic mass is 10.2. The van der Waals surface area contributed by atoms with Gasteiger partial charge in [-0.1, -0.05) is 0 Å². The molecule has 0 saturated heterocycles. The first-order valence-electron chi connectivity index (χ1n) is 6.53. The first-order chi connectivity index (χ1) is 10.9. The van der Waals surface area contributed by atoms with E-state index in [1.807, 2.05) is 6.07 Å². The summed E-state index contributed by atoms with van der Waals surface area (Å²) in [6.07, 6.45) is 5.30. The molecule has 2 aromatic heterocycles. The van der Waals surface area contributed by atoms with Gasteiger partial charge in [0.05, 0.1) is 36.0 Å². The van der Waals surface area contributed by atoms with Gasteiger partial charge in [-0.25, -0.2) is 4.98 Å². The summed E-state index contributed by atoms with van der Waals surface area (Å²) in [6.45, 7) is 0.225. The third-order valence-electron chi connectivity index (χ3n) is 2.68. The van der Waals surface area contributed by atoms with Gasteiger partial charge in [-0.15, -0.1) is 0 Å². The Morgan fingerprint density at radius 1 is 1.35 bits per heavy atom. The minimum atomic E-state index is -0.286. The molecule has 4 N–H and O–H groups in total. The molecule has 2 aromatic rings. The predicted octanol–water partition coefficient (Wildman–Crippen LogP) is 2.18. The molecule has 0 radical (unpaired) electrons. The van der Waals surface area contributed by atoms with E-state index in [1.54, 1.807) is 48.7 Å². The number of aldehydes is 1. The van der Waals surface area contributed by atoms with Gasteiger partial charge in [-0.3, -0.25) is 15.2 Å². The maximum atomic E-state index is 10.3. The van der Waals surface area contributed by atoms with E-state index in [2.05, 4.69) is 25.9 Å². The van der Waals surface area contributed by atoms with Crippen molar-refractivity contribution >= 4 is 45.0 Å². The lowest BCUT2D eigenvalue weighted by Gasteiger charge is -2.18. The van der Waals surface area contributed by atoms with E-state index < -0.39 is 0 Å². The van der Waals surface area contributed by atoms with Crippen molar-refractivity contribution < 1.29 is 4.79 Å². The Kier molecular flexibility index (Phi) is 7.55. The molecule has 0 fully saturated rings. The minimum absolute atomic E-state index is 0.00338. The Morgan fingerprint density at radius 2 is 2.09 bits per heavy atom. The predicted molar refractivity (Wildman–Crippen MR) is 95.4 cm³/mol. The molecule has 0 aliphatic heterocycles. The van der Waals surface area contributed by atoms with Crippen LogP contribution in [-0.2, 0) is 4.79 Å². The number of carbonyl (C=O) groups is 1. The molecule has 0 atom stereocenters. The third-order valence-corrected chi connectivity index (χ3v) is 3.14. The maximum absolute atomic E-state index is 10.3. The van der Waals surface area contributed by atoms with Crippen molar-refractivity contribution in [2.45, 2.75) is 0 Å². The maximum Gasteiger partial charge on any atom is 0.169 e. The van der Waals surface area contributed by atoms with Gasteiger partial charge in [0.1, 0.15) is 10.3 Å². The second-order valence-corrected chi connectivity index (χ2v) is 5.30. The van der Waals surface area contributed by atoms with Crippen molar-refractivity contribution in [3.63, 3.8) is 0 Å². The zero-order chi connectivity index (χ0) is 17.2. The summed E-state index contributed by atoms with van der Waals surface area (Å²) < 4.78 is 0.812. The second kappa shape index (κ2) is 9.42. The number of nitrogens with zero attached hydrogens (tertiary/aromatic N) is 3. The van der Waals surface area contributed by atoms with E-state index in [1.165, 1.54) is 0 Å². The Balaban J connectivity index is 0.000000277. The minimum Gasteiger partial charge on any atom is -0.397 e. The molecule has 0 unspecified atom stereocenters. The summed E-state index contributed by atoms with van der Waals surface area (Å²) in [7, 11) is 1.78. The van der Waals surface area contributed by atoms with Crippen LogP contribution in [0.3, 0.4) is 0 Å². The number of anilines is 2. The quantitative estimate of drug-likeness (QED) is 0.419. The number of aromatic nitrogens is 2. The molecule has 2 rings (SSSR count). The number of halogens is 1. The van der Waals surface area contributed by atoms with Crippen molar-refractivity contribution in [1.82, 2.24) is 9.97 Å². The first kappa shape index (κ1) is 18.4. The summed E-state index contributed by atoms with van der Waals surface area (Å²) in [5.41, 5.74) is 6.59. The number of hydrogen-bond acceptors (Lipinski definition) is 7. The van der Waals surface area contributed by atoms with E-state index in [0.29, 0.717) is 12.0 Å². The number of nitrogens with two attached hydrogens (primary N) is 1. The SMILES string of the molecule is CN(CC(=N)C(=N)C=O)c1cccnc1.Nc1ccc(Br)nc1. The smallest absolute Gasteiger partial charge is 0.169 e. The van der Waals surface area contributed by atoms with Crippen LogP contribution in [0.4, 0.5) is 11.4 Å². The highest BCUT2D eigenvalue weighted by molar-refractivity contribution is 9.10. The van der Waals surface area contributed by atoms with E-state index in [0.717, 1.165) is 10.3 Å². The number of hydrogen-bond donors (Lipinski definition) is 3. The second-order valence-electron chi connectivity index (χ2n) is 4.49. The van der Waals surface area contributed by atoms with E-state index in [4.69, 9.17) is 16.6 Å². The fourth-order valence-electron chi connectivity index (χ4n) is 1.45. The zero-order valence-electron chi connectivity index (χ0n) is 12.5. The van der Waals surface area contributed by atoms with Crippen LogP contribution in [-0.4, -0.2) is 41.3 Å². The monoisotopic (exact) mass is 376 g/mol. The van der Waals surface area contributed by atoms with Crippen molar-refractivity contribution in [2.75, 3.05) is 24.2 Å². The molecule has 8 heteroatoms. The molecule has 0 amide bonds. The van der Waals surface area contributed by atoms with Crippen molar-refractivity contribution in [3.8, 4) is 0 Å². The molecule has 0 bridgehead atoms. The van der Waals surface area contributed by atoms with Crippen LogP contribution < -0.4 is 10.6 Å². The van der Waals surface area contributed by atoms with Gasteiger partial charge in [0.15, 0.2) is 6.29 Å². The van der Waals surface area contributed by atoms with Gasteiger partial charge in [0.2, 0.25) is 0 Å². The standard InChI is InChI=1S/C10H12N4O.C5H5BrN2/c1-14(6-9(11)10(12)7-15)8-3-2-4-13-5-8;6-5-2-1-4(7)3-8-5/h2-5,7,11-12H,6H2,1H3;1-3H,7H2. The van der Waals surface area contributed by atoms with Crippen LogP contribution in [0.1, 0.15) is 0 Å². The number of carbonyl (C=O) groups excluding carboxylic acids is 1. The number of rotatable bonds is 5. The van der Waals surface area contributed by atoms with Crippen molar-refractivity contribution in [3.05, 3.63) is 47.5 Å². The van der Waals surface area contributed by atoms with Crippen LogP contribution in [0.2, 0.25) is 0 Å². The fourth-order valence-corrected chi connectivity index (χ4v) is 1.69. The molecule has 0 aliphatic rings. The molecule has 0 spiro atoms. The Hall–Kier alpha value is -2.61. The highest BCUT2D eigenvalue weighted by atomic mass is 79.9. The average Bonchev–Trinajstić information content (AvgIpc) is 2.58. The highest BCUT2D eigenvalue weighted by Crippen LogP contribution is 2.08. The molecule has 0 aliphatic carbocycles. The summed E-state index contributed by atoms with van der Waals surface area (Å²) in [5.74, 6) is 0. The van der Waals surface area contributed by atoms with E-state index in [9.17, 15) is 4.79 Å². The molecule has 120 valence electrons. The van der Waals surface area contributed by atoms with Gasteiger partial charge < -0.3 is 16.0 Å². The lowest BCUT2D eigenvalue weighted by molar-refractivity contribution is -0.102. The molecule has 2 heterocycles. The topological polar surface area (TPSA) is 120 Å². The largest absolute Gasteiger partial charge is 0.397 e.